The first-order valence-electron chi connectivity index (χ1n) is 9.39. The number of aromatic nitrogens is 4. The average molecular weight is 408 g/mol. The van der Waals surface area contributed by atoms with Gasteiger partial charge < -0.3 is 14.5 Å². The summed E-state index contributed by atoms with van der Waals surface area (Å²) in [5, 5.41) is 6.78. The molecule has 0 bridgehead atoms. The van der Waals surface area contributed by atoms with Crippen molar-refractivity contribution in [3.8, 4) is 0 Å². The number of nitrogens with zero attached hydrogens (tertiary/aromatic N) is 6. The molecule has 4 rings (SSSR count). The standard InChI is InChI=1S/C17H25N7O3S/c1-13-16(14(2)21-20-13)28(25,26)24-7-5-22(6-8-24)15-3-4-18-17(19-15)23-9-11-27-12-10-23/h3-4H,5-12H2,1-2H3,(H,20,21). The van der Waals surface area contributed by atoms with Crippen LogP contribution >= 0.6 is 0 Å². The summed E-state index contributed by atoms with van der Waals surface area (Å²) in [6, 6.07) is 1.87. The Hall–Kier alpha value is -2.24. The molecule has 2 fully saturated rings. The van der Waals surface area contributed by atoms with Crippen molar-refractivity contribution in [1.82, 2.24) is 24.5 Å². The fourth-order valence-corrected chi connectivity index (χ4v) is 5.39. The molecular weight excluding hydrogens is 382 g/mol. The third kappa shape index (κ3) is 3.56. The molecule has 28 heavy (non-hydrogen) atoms. The molecule has 2 aromatic rings. The highest BCUT2D eigenvalue weighted by atomic mass is 32.2. The fraction of sp³-hybridized carbons (Fsp3) is 0.588. The normalized spacial score (nSPS) is 19.2. The van der Waals surface area contributed by atoms with E-state index in [1.165, 1.54) is 4.31 Å². The number of morpholine rings is 1. The zero-order valence-electron chi connectivity index (χ0n) is 16.1. The lowest BCUT2D eigenvalue weighted by Crippen LogP contribution is -2.49. The quantitative estimate of drug-likeness (QED) is 0.764. The van der Waals surface area contributed by atoms with Gasteiger partial charge in [-0.2, -0.15) is 14.4 Å². The molecule has 0 saturated carbocycles. The van der Waals surface area contributed by atoms with Gasteiger partial charge in [-0.1, -0.05) is 0 Å². The summed E-state index contributed by atoms with van der Waals surface area (Å²) in [4.78, 5) is 13.6. The van der Waals surface area contributed by atoms with E-state index < -0.39 is 10.0 Å². The first kappa shape index (κ1) is 19.1. The van der Waals surface area contributed by atoms with E-state index in [0.717, 1.165) is 18.9 Å². The van der Waals surface area contributed by atoms with Gasteiger partial charge in [-0.05, 0) is 19.9 Å². The number of aryl methyl sites for hydroxylation is 2. The van der Waals surface area contributed by atoms with Gasteiger partial charge in [0, 0.05) is 45.5 Å². The maximum Gasteiger partial charge on any atom is 0.246 e. The lowest BCUT2D eigenvalue weighted by molar-refractivity contribution is 0.122. The molecule has 152 valence electrons. The van der Waals surface area contributed by atoms with E-state index in [1.54, 1.807) is 20.0 Å². The molecule has 2 saturated heterocycles. The van der Waals surface area contributed by atoms with Crippen molar-refractivity contribution >= 4 is 21.8 Å². The van der Waals surface area contributed by atoms with Crippen molar-refractivity contribution in [3.63, 3.8) is 0 Å². The van der Waals surface area contributed by atoms with Crippen LogP contribution in [-0.2, 0) is 14.8 Å². The number of ether oxygens (including phenoxy) is 1. The van der Waals surface area contributed by atoms with Gasteiger partial charge >= 0.3 is 0 Å². The van der Waals surface area contributed by atoms with Crippen LogP contribution in [0.2, 0.25) is 0 Å². The number of rotatable bonds is 4. The van der Waals surface area contributed by atoms with Crippen LogP contribution in [0, 0.1) is 13.8 Å². The molecule has 0 radical (unpaired) electrons. The SMILES string of the molecule is Cc1n[nH]c(C)c1S(=O)(=O)N1CCN(c2ccnc(N3CCOCC3)n2)CC1. The number of hydrogen-bond acceptors (Lipinski definition) is 8. The Morgan fingerprint density at radius 2 is 1.75 bits per heavy atom. The van der Waals surface area contributed by atoms with Crippen LogP contribution in [0.15, 0.2) is 17.2 Å². The molecule has 11 heteroatoms. The molecule has 4 heterocycles. The Bertz CT molecular complexity index is 912. The van der Waals surface area contributed by atoms with Gasteiger partial charge in [0.2, 0.25) is 16.0 Å². The molecule has 0 atom stereocenters. The highest BCUT2D eigenvalue weighted by molar-refractivity contribution is 7.89. The zero-order chi connectivity index (χ0) is 19.7. The van der Waals surface area contributed by atoms with Crippen LogP contribution in [0.1, 0.15) is 11.4 Å². The molecular formula is C17H25N7O3S. The molecule has 1 N–H and O–H groups in total. The summed E-state index contributed by atoms with van der Waals surface area (Å²) in [6.45, 7) is 8.32. The van der Waals surface area contributed by atoms with Crippen LogP contribution in [0.5, 0.6) is 0 Å². The predicted octanol–water partition coefficient (Wildman–Crippen LogP) is 0.164. The molecule has 2 aliphatic rings. The lowest BCUT2D eigenvalue weighted by Gasteiger charge is -2.35. The Balaban J connectivity index is 1.46. The smallest absolute Gasteiger partial charge is 0.246 e. The minimum Gasteiger partial charge on any atom is -0.378 e. The van der Waals surface area contributed by atoms with Gasteiger partial charge in [0.1, 0.15) is 10.7 Å². The van der Waals surface area contributed by atoms with E-state index in [1.807, 2.05) is 6.07 Å². The lowest BCUT2D eigenvalue weighted by atomic mass is 10.3. The van der Waals surface area contributed by atoms with E-state index in [2.05, 4.69) is 30.0 Å². The second-order valence-corrected chi connectivity index (χ2v) is 8.84. The predicted molar refractivity (Wildman–Crippen MR) is 104 cm³/mol. The number of sulfonamides is 1. The van der Waals surface area contributed by atoms with Crippen LogP contribution < -0.4 is 9.80 Å². The van der Waals surface area contributed by atoms with Crippen molar-refractivity contribution in [3.05, 3.63) is 23.7 Å². The van der Waals surface area contributed by atoms with Crippen molar-refractivity contribution < 1.29 is 13.2 Å². The molecule has 0 spiro atoms. The van der Waals surface area contributed by atoms with Crippen LogP contribution in [-0.4, -0.2) is 85.4 Å². The van der Waals surface area contributed by atoms with E-state index in [9.17, 15) is 8.42 Å². The monoisotopic (exact) mass is 407 g/mol. The number of piperazine rings is 1. The first-order valence-corrected chi connectivity index (χ1v) is 10.8. The number of anilines is 2. The Labute approximate surface area is 164 Å². The molecule has 0 unspecified atom stereocenters. The maximum atomic E-state index is 13.0. The van der Waals surface area contributed by atoms with Crippen molar-refractivity contribution in [2.75, 3.05) is 62.3 Å². The van der Waals surface area contributed by atoms with E-state index in [4.69, 9.17) is 4.74 Å². The summed E-state index contributed by atoms with van der Waals surface area (Å²) < 4.78 is 32.9. The van der Waals surface area contributed by atoms with Gasteiger partial charge in [0.15, 0.2) is 0 Å². The van der Waals surface area contributed by atoms with Crippen LogP contribution in [0.3, 0.4) is 0 Å². The van der Waals surface area contributed by atoms with Gasteiger partial charge in [0.05, 0.1) is 24.6 Å². The molecule has 0 amide bonds. The number of aromatic amines is 1. The summed E-state index contributed by atoms with van der Waals surface area (Å²) >= 11 is 0. The zero-order valence-corrected chi connectivity index (χ0v) is 16.9. The van der Waals surface area contributed by atoms with Gasteiger partial charge in [-0.3, -0.25) is 5.10 Å². The highest BCUT2D eigenvalue weighted by Crippen LogP contribution is 2.24. The molecule has 0 aromatic carbocycles. The van der Waals surface area contributed by atoms with Crippen molar-refractivity contribution in [1.29, 1.82) is 0 Å². The first-order chi connectivity index (χ1) is 13.5. The van der Waals surface area contributed by atoms with E-state index >= 15 is 0 Å². The van der Waals surface area contributed by atoms with E-state index in [-0.39, 0.29) is 4.90 Å². The molecule has 0 aliphatic carbocycles. The van der Waals surface area contributed by atoms with Gasteiger partial charge in [0.25, 0.3) is 0 Å². The van der Waals surface area contributed by atoms with Crippen molar-refractivity contribution in [2.45, 2.75) is 18.7 Å². The fourth-order valence-electron chi connectivity index (χ4n) is 3.64. The minimum absolute atomic E-state index is 0.289. The molecule has 2 aliphatic heterocycles. The van der Waals surface area contributed by atoms with Gasteiger partial charge in [-0.25, -0.2) is 13.4 Å². The average Bonchev–Trinajstić information content (AvgIpc) is 3.08. The minimum atomic E-state index is -3.55. The molecule has 2 aromatic heterocycles. The second kappa shape index (κ2) is 7.64. The number of H-pyrrole nitrogens is 1. The topological polar surface area (TPSA) is 108 Å². The third-order valence-electron chi connectivity index (χ3n) is 5.14. The second-order valence-electron chi connectivity index (χ2n) is 6.97. The summed E-state index contributed by atoms with van der Waals surface area (Å²) in [5.41, 5.74) is 1.08. The van der Waals surface area contributed by atoms with Crippen LogP contribution in [0.4, 0.5) is 11.8 Å². The largest absolute Gasteiger partial charge is 0.378 e. The number of hydrogen-bond donors (Lipinski definition) is 1. The summed E-state index contributed by atoms with van der Waals surface area (Å²) in [7, 11) is -3.55. The van der Waals surface area contributed by atoms with E-state index in [0.29, 0.717) is 56.7 Å². The van der Waals surface area contributed by atoms with Gasteiger partial charge in [-0.15, -0.1) is 0 Å². The van der Waals surface area contributed by atoms with Crippen molar-refractivity contribution in [2.24, 2.45) is 0 Å². The summed E-state index contributed by atoms with van der Waals surface area (Å²) in [5.74, 6) is 1.52. The maximum absolute atomic E-state index is 13.0. The Morgan fingerprint density at radius 1 is 1.04 bits per heavy atom. The Morgan fingerprint density at radius 3 is 2.39 bits per heavy atom. The Kier molecular flexibility index (Phi) is 5.21. The molecule has 10 nitrogen and oxygen atoms in total. The third-order valence-corrected chi connectivity index (χ3v) is 7.31. The number of nitrogens with one attached hydrogen (secondary N) is 1. The highest BCUT2D eigenvalue weighted by Gasteiger charge is 2.32. The van der Waals surface area contributed by atoms with Crippen LogP contribution in [0.25, 0.3) is 0 Å². The summed E-state index contributed by atoms with van der Waals surface area (Å²) in [6.07, 6.45) is 1.76.